The summed E-state index contributed by atoms with van der Waals surface area (Å²) in [6.45, 7) is 4.58. The standard InChI is InChI=1S/C16H25ClN2S/c17-16-8-7-14(20-16)12-18-9-11-19-10-3-6-15(19)13-4-1-2-5-13/h7-8,13,15,18H,1-6,9-12H2. The first-order valence-corrected chi connectivity index (χ1v) is 9.21. The fraction of sp³-hybridized carbons (Fsp3) is 0.750. The van der Waals surface area contributed by atoms with Gasteiger partial charge in [-0.15, -0.1) is 11.3 Å². The number of halogens is 1. The lowest BCUT2D eigenvalue weighted by Gasteiger charge is -2.29. The fourth-order valence-corrected chi connectivity index (χ4v) is 4.94. The van der Waals surface area contributed by atoms with Crippen LogP contribution in [0.25, 0.3) is 0 Å². The first kappa shape index (κ1) is 14.8. The third kappa shape index (κ3) is 3.76. The summed E-state index contributed by atoms with van der Waals surface area (Å²) >= 11 is 7.63. The summed E-state index contributed by atoms with van der Waals surface area (Å²) in [4.78, 5) is 4.08. The van der Waals surface area contributed by atoms with Crippen molar-refractivity contribution >= 4 is 22.9 Å². The molecular weight excluding hydrogens is 288 g/mol. The molecule has 1 saturated carbocycles. The molecule has 2 heterocycles. The van der Waals surface area contributed by atoms with Gasteiger partial charge in [-0.25, -0.2) is 0 Å². The van der Waals surface area contributed by atoms with E-state index in [4.69, 9.17) is 11.6 Å². The Morgan fingerprint density at radius 1 is 1.20 bits per heavy atom. The van der Waals surface area contributed by atoms with Crippen molar-refractivity contribution in [2.75, 3.05) is 19.6 Å². The maximum absolute atomic E-state index is 5.95. The number of nitrogens with zero attached hydrogens (tertiary/aromatic N) is 1. The Morgan fingerprint density at radius 3 is 2.80 bits per heavy atom. The van der Waals surface area contributed by atoms with Crippen LogP contribution in [0.4, 0.5) is 0 Å². The van der Waals surface area contributed by atoms with Gasteiger partial charge in [0.1, 0.15) is 0 Å². The highest BCUT2D eigenvalue weighted by Crippen LogP contribution is 2.35. The van der Waals surface area contributed by atoms with Gasteiger partial charge in [0.2, 0.25) is 0 Å². The highest BCUT2D eigenvalue weighted by molar-refractivity contribution is 7.16. The van der Waals surface area contributed by atoms with Gasteiger partial charge in [0.25, 0.3) is 0 Å². The molecule has 1 unspecified atom stereocenters. The number of hydrogen-bond donors (Lipinski definition) is 1. The van der Waals surface area contributed by atoms with Crippen LogP contribution in [-0.4, -0.2) is 30.6 Å². The lowest BCUT2D eigenvalue weighted by Crippen LogP contribution is -2.39. The molecule has 112 valence electrons. The lowest BCUT2D eigenvalue weighted by molar-refractivity contribution is 0.191. The molecule has 0 aromatic carbocycles. The monoisotopic (exact) mass is 312 g/mol. The molecule has 1 saturated heterocycles. The maximum Gasteiger partial charge on any atom is 0.0931 e. The van der Waals surface area contributed by atoms with Gasteiger partial charge < -0.3 is 5.32 Å². The molecule has 4 heteroatoms. The lowest BCUT2D eigenvalue weighted by atomic mass is 9.96. The van der Waals surface area contributed by atoms with E-state index in [0.29, 0.717) is 0 Å². The summed E-state index contributed by atoms with van der Waals surface area (Å²) in [5.41, 5.74) is 0. The Labute approximate surface area is 131 Å². The molecule has 1 aromatic heterocycles. The van der Waals surface area contributed by atoms with E-state index in [1.807, 2.05) is 6.07 Å². The van der Waals surface area contributed by atoms with Gasteiger partial charge in [-0.2, -0.15) is 0 Å². The van der Waals surface area contributed by atoms with Crippen molar-refractivity contribution in [1.29, 1.82) is 0 Å². The van der Waals surface area contributed by atoms with Crippen molar-refractivity contribution in [3.05, 3.63) is 21.3 Å². The van der Waals surface area contributed by atoms with Crippen molar-refractivity contribution in [3.63, 3.8) is 0 Å². The van der Waals surface area contributed by atoms with Crippen LogP contribution in [0, 0.1) is 5.92 Å². The smallest absolute Gasteiger partial charge is 0.0931 e. The minimum Gasteiger partial charge on any atom is -0.311 e. The third-order valence-electron chi connectivity index (χ3n) is 4.86. The van der Waals surface area contributed by atoms with Crippen LogP contribution >= 0.6 is 22.9 Å². The largest absolute Gasteiger partial charge is 0.311 e. The first-order valence-electron chi connectivity index (χ1n) is 8.02. The zero-order chi connectivity index (χ0) is 13.8. The number of hydrogen-bond acceptors (Lipinski definition) is 3. The molecule has 1 aliphatic heterocycles. The Bertz CT molecular complexity index is 414. The highest BCUT2D eigenvalue weighted by Gasteiger charge is 2.32. The van der Waals surface area contributed by atoms with E-state index in [2.05, 4.69) is 16.3 Å². The number of nitrogens with one attached hydrogen (secondary N) is 1. The molecule has 0 amide bonds. The van der Waals surface area contributed by atoms with Gasteiger partial charge in [-0.1, -0.05) is 24.4 Å². The van der Waals surface area contributed by atoms with Crippen LogP contribution in [0.1, 0.15) is 43.4 Å². The van der Waals surface area contributed by atoms with Crippen molar-refractivity contribution < 1.29 is 0 Å². The molecule has 2 aliphatic rings. The van der Waals surface area contributed by atoms with E-state index in [1.165, 1.54) is 56.5 Å². The van der Waals surface area contributed by atoms with Crippen LogP contribution in [0.3, 0.4) is 0 Å². The van der Waals surface area contributed by atoms with Crippen molar-refractivity contribution in [3.8, 4) is 0 Å². The molecule has 2 fully saturated rings. The predicted octanol–water partition coefficient (Wildman–Crippen LogP) is 4.15. The van der Waals surface area contributed by atoms with Gasteiger partial charge in [0.05, 0.1) is 4.34 Å². The Morgan fingerprint density at radius 2 is 2.05 bits per heavy atom. The van der Waals surface area contributed by atoms with Gasteiger partial charge in [-0.05, 0) is 50.3 Å². The molecule has 1 aliphatic carbocycles. The summed E-state index contributed by atoms with van der Waals surface area (Å²) < 4.78 is 0.891. The molecule has 20 heavy (non-hydrogen) atoms. The molecule has 2 nitrogen and oxygen atoms in total. The van der Waals surface area contributed by atoms with E-state index in [0.717, 1.165) is 29.4 Å². The van der Waals surface area contributed by atoms with Crippen molar-refractivity contribution in [1.82, 2.24) is 10.2 Å². The molecule has 1 N–H and O–H groups in total. The van der Waals surface area contributed by atoms with Gasteiger partial charge in [-0.3, -0.25) is 4.90 Å². The maximum atomic E-state index is 5.95. The van der Waals surface area contributed by atoms with E-state index in [1.54, 1.807) is 11.3 Å². The molecule has 0 radical (unpaired) electrons. The Balaban J connectivity index is 1.39. The summed E-state index contributed by atoms with van der Waals surface area (Å²) in [6.07, 6.45) is 8.72. The molecule has 0 bridgehead atoms. The normalized spacial score (nSPS) is 24.8. The van der Waals surface area contributed by atoms with Crippen LogP contribution in [-0.2, 0) is 6.54 Å². The van der Waals surface area contributed by atoms with E-state index in [-0.39, 0.29) is 0 Å². The SMILES string of the molecule is Clc1ccc(CNCCN2CCCC2C2CCCC2)s1. The topological polar surface area (TPSA) is 15.3 Å². The Hall–Kier alpha value is -0.0900. The summed E-state index contributed by atoms with van der Waals surface area (Å²) in [5, 5.41) is 3.56. The molecule has 1 atom stereocenters. The van der Waals surface area contributed by atoms with Crippen LogP contribution in [0.15, 0.2) is 12.1 Å². The first-order chi connectivity index (χ1) is 9.83. The van der Waals surface area contributed by atoms with E-state index >= 15 is 0 Å². The quantitative estimate of drug-likeness (QED) is 0.794. The number of thiophene rings is 1. The summed E-state index contributed by atoms with van der Waals surface area (Å²) in [7, 11) is 0. The second-order valence-corrected chi connectivity index (χ2v) is 7.97. The highest BCUT2D eigenvalue weighted by atomic mass is 35.5. The van der Waals surface area contributed by atoms with Crippen LogP contribution < -0.4 is 5.32 Å². The zero-order valence-corrected chi connectivity index (χ0v) is 13.7. The van der Waals surface area contributed by atoms with Crippen molar-refractivity contribution in [2.45, 2.75) is 51.1 Å². The third-order valence-corrected chi connectivity index (χ3v) is 6.09. The Kier molecular flexibility index (Phi) is 5.38. The minimum absolute atomic E-state index is 0.885. The second kappa shape index (κ2) is 7.26. The minimum atomic E-state index is 0.885. The molecular formula is C16H25ClN2S. The molecule has 0 spiro atoms. The van der Waals surface area contributed by atoms with Crippen LogP contribution in [0.5, 0.6) is 0 Å². The number of likely N-dealkylation sites (tertiary alicyclic amines) is 1. The predicted molar refractivity (Wildman–Crippen MR) is 87.6 cm³/mol. The van der Waals surface area contributed by atoms with E-state index < -0.39 is 0 Å². The number of rotatable bonds is 6. The second-order valence-electron chi connectivity index (χ2n) is 6.17. The fourth-order valence-electron chi connectivity index (χ4n) is 3.89. The average molecular weight is 313 g/mol. The average Bonchev–Trinajstić information content (AvgIpc) is 3.16. The van der Waals surface area contributed by atoms with Gasteiger partial charge in [0.15, 0.2) is 0 Å². The molecule has 1 aromatic rings. The zero-order valence-electron chi connectivity index (χ0n) is 12.1. The van der Waals surface area contributed by atoms with Crippen molar-refractivity contribution in [2.24, 2.45) is 5.92 Å². The summed E-state index contributed by atoms with van der Waals surface area (Å²) in [6, 6.07) is 4.99. The van der Waals surface area contributed by atoms with Gasteiger partial charge in [0, 0.05) is 30.6 Å². The molecule has 3 rings (SSSR count). The van der Waals surface area contributed by atoms with E-state index in [9.17, 15) is 0 Å². The van der Waals surface area contributed by atoms with Gasteiger partial charge >= 0.3 is 0 Å². The summed E-state index contributed by atoms with van der Waals surface area (Å²) in [5.74, 6) is 0.994. The van der Waals surface area contributed by atoms with Crippen LogP contribution in [0.2, 0.25) is 4.34 Å².